The third-order valence-corrected chi connectivity index (χ3v) is 6.89. The molecule has 36 heavy (non-hydrogen) atoms. The predicted molar refractivity (Wildman–Crippen MR) is 149 cm³/mol. The lowest BCUT2D eigenvalue weighted by molar-refractivity contribution is 0.0492. The van der Waals surface area contributed by atoms with Crippen LogP contribution < -0.4 is 10.1 Å². The molecule has 0 radical (unpaired) electrons. The van der Waals surface area contributed by atoms with E-state index in [9.17, 15) is 4.79 Å². The zero-order chi connectivity index (χ0) is 26.8. The largest absolute Gasteiger partial charge is 0.493 e. The number of hydrogen-bond donors (Lipinski definition) is 1. The lowest BCUT2D eigenvalue weighted by Crippen LogP contribution is -2.36. The maximum Gasteiger partial charge on any atom is 0.408 e. The number of benzene rings is 1. The lowest BCUT2D eigenvalue weighted by atomic mass is 10.1. The Bertz CT molecular complexity index is 1000. The molecular weight excluding hydrogens is 470 g/mol. The summed E-state index contributed by atoms with van der Waals surface area (Å²) in [6.07, 6.45) is 6.28. The summed E-state index contributed by atoms with van der Waals surface area (Å²) < 4.78 is 19.5. The van der Waals surface area contributed by atoms with E-state index in [0.29, 0.717) is 32.2 Å². The standard InChI is InChI=1S/C28H43N3O4Si/c1-9-11-17-34-25-16-13-12-15-22(25)24-20-31(21-33-18-19-36(6,7)8)26(29-24)23(14-10-2)30-27(32)35-28(3,4)5/h9-10,12-13,15-16,20,23H,1-2,11,14,17-19,21H2,3-8H3,(H,30,32)/t23-/m0/s1. The van der Waals surface area contributed by atoms with Gasteiger partial charge in [0.25, 0.3) is 0 Å². The molecule has 0 fully saturated rings. The molecule has 0 spiro atoms. The number of ether oxygens (including phenoxy) is 3. The zero-order valence-electron chi connectivity index (χ0n) is 22.8. The Labute approximate surface area is 217 Å². The van der Waals surface area contributed by atoms with Crippen molar-refractivity contribution in [3.63, 3.8) is 0 Å². The summed E-state index contributed by atoms with van der Waals surface area (Å²) in [5.41, 5.74) is 1.01. The van der Waals surface area contributed by atoms with Crippen molar-refractivity contribution in [1.29, 1.82) is 0 Å². The van der Waals surface area contributed by atoms with Gasteiger partial charge in [-0.15, -0.1) is 13.2 Å². The minimum absolute atomic E-state index is 0.329. The number of carbonyl (C=O) groups is 1. The SMILES string of the molecule is C=CCCOc1ccccc1-c1cn(COCC[Si](C)(C)C)c([C@H](CC=C)NC(=O)OC(C)(C)C)n1. The molecule has 1 aromatic heterocycles. The van der Waals surface area contributed by atoms with Gasteiger partial charge >= 0.3 is 6.09 Å². The van der Waals surface area contributed by atoms with Gasteiger partial charge in [0.2, 0.25) is 0 Å². The molecule has 0 bridgehead atoms. The van der Waals surface area contributed by atoms with Crippen LogP contribution in [0.25, 0.3) is 11.3 Å². The molecule has 1 N–H and O–H groups in total. The molecule has 1 atom stereocenters. The second kappa shape index (κ2) is 13.5. The Kier molecular flexibility index (Phi) is 11.0. The Morgan fingerprint density at radius 3 is 2.53 bits per heavy atom. The van der Waals surface area contributed by atoms with Crippen LogP contribution in [0.4, 0.5) is 4.79 Å². The molecule has 0 unspecified atom stereocenters. The molecule has 0 aliphatic carbocycles. The monoisotopic (exact) mass is 513 g/mol. The fourth-order valence-electron chi connectivity index (χ4n) is 3.38. The molecule has 0 aliphatic rings. The average Bonchev–Trinajstić information content (AvgIpc) is 3.19. The zero-order valence-corrected chi connectivity index (χ0v) is 23.8. The molecule has 7 nitrogen and oxygen atoms in total. The third-order valence-electron chi connectivity index (χ3n) is 5.18. The van der Waals surface area contributed by atoms with Gasteiger partial charge in [0, 0.05) is 26.4 Å². The number of rotatable bonds is 14. The van der Waals surface area contributed by atoms with E-state index >= 15 is 0 Å². The number of imidazole rings is 1. The summed E-state index contributed by atoms with van der Waals surface area (Å²) in [4.78, 5) is 17.6. The highest BCUT2D eigenvalue weighted by atomic mass is 28.3. The second-order valence-electron chi connectivity index (χ2n) is 10.9. The minimum atomic E-state index is -1.22. The topological polar surface area (TPSA) is 74.6 Å². The molecule has 1 heterocycles. The number of nitrogens with one attached hydrogen (secondary N) is 1. The molecule has 198 valence electrons. The van der Waals surface area contributed by atoms with Gasteiger partial charge in [0.1, 0.15) is 23.9 Å². The van der Waals surface area contributed by atoms with E-state index in [1.807, 2.05) is 61.9 Å². The third kappa shape index (κ3) is 10.0. The number of aromatic nitrogens is 2. The van der Waals surface area contributed by atoms with Crippen LogP contribution in [0.2, 0.25) is 25.7 Å². The second-order valence-corrected chi connectivity index (χ2v) is 16.6. The van der Waals surface area contributed by atoms with Crippen molar-refractivity contribution in [2.45, 2.75) is 77.7 Å². The smallest absolute Gasteiger partial charge is 0.408 e. The number of hydrogen-bond acceptors (Lipinski definition) is 5. The fraction of sp³-hybridized carbons (Fsp3) is 0.500. The van der Waals surface area contributed by atoms with Crippen LogP contribution in [0.1, 0.15) is 45.5 Å². The normalized spacial score (nSPS) is 12.6. The summed E-state index contributed by atoms with van der Waals surface area (Å²) in [5, 5.41) is 2.96. The Hall–Kier alpha value is -2.84. The van der Waals surface area contributed by atoms with Gasteiger partial charge in [-0.2, -0.15) is 0 Å². The van der Waals surface area contributed by atoms with Crippen LogP contribution in [0, 0.1) is 0 Å². The van der Waals surface area contributed by atoms with Crippen molar-refractivity contribution in [3.8, 4) is 17.0 Å². The van der Waals surface area contributed by atoms with Gasteiger partial charge in [-0.3, -0.25) is 0 Å². The minimum Gasteiger partial charge on any atom is -0.493 e. The molecule has 2 aromatic rings. The Balaban J connectivity index is 2.39. The van der Waals surface area contributed by atoms with E-state index in [1.165, 1.54) is 0 Å². The van der Waals surface area contributed by atoms with Crippen LogP contribution in [0.5, 0.6) is 5.75 Å². The number of para-hydroxylation sites is 1. The molecule has 2 rings (SSSR count). The fourth-order valence-corrected chi connectivity index (χ4v) is 4.14. The maximum absolute atomic E-state index is 12.6. The van der Waals surface area contributed by atoms with Gasteiger partial charge in [-0.25, -0.2) is 9.78 Å². The van der Waals surface area contributed by atoms with Crippen molar-refractivity contribution in [1.82, 2.24) is 14.9 Å². The molecule has 0 saturated carbocycles. The van der Waals surface area contributed by atoms with E-state index in [1.54, 1.807) is 6.08 Å². The Morgan fingerprint density at radius 1 is 1.17 bits per heavy atom. The summed E-state index contributed by atoms with van der Waals surface area (Å²) in [6.45, 7) is 21.7. The first-order valence-corrected chi connectivity index (χ1v) is 16.2. The summed E-state index contributed by atoms with van der Waals surface area (Å²) in [7, 11) is -1.22. The molecule has 8 heteroatoms. The van der Waals surface area contributed by atoms with Crippen molar-refractivity contribution in [2.24, 2.45) is 0 Å². The summed E-state index contributed by atoms with van der Waals surface area (Å²) in [6, 6.07) is 8.45. The van der Waals surface area contributed by atoms with Crippen LogP contribution in [0.15, 0.2) is 55.8 Å². The van der Waals surface area contributed by atoms with E-state index in [2.05, 4.69) is 38.1 Å². The lowest BCUT2D eigenvalue weighted by Gasteiger charge is -2.23. The highest BCUT2D eigenvalue weighted by Gasteiger charge is 2.25. The highest BCUT2D eigenvalue weighted by Crippen LogP contribution is 2.31. The molecule has 1 aromatic carbocycles. The van der Waals surface area contributed by atoms with Gasteiger partial charge in [-0.1, -0.05) is 43.9 Å². The van der Waals surface area contributed by atoms with Crippen LogP contribution in [-0.2, 0) is 16.2 Å². The van der Waals surface area contributed by atoms with Crippen molar-refractivity contribution in [3.05, 3.63) is 61.6 Å². The predicted octanol–water partition coefficient (Wildman–Crippen LogP) is 6.96. The number of carbonyl (C=O) groups excluding carboxylic acids is 1. The van der Waals surface area contributed by atoms with Gasteiger partial charge in [0.05, 0.1) is 18.3 Å². The number of amides is 1. The van der Waals surface area contributed by atoms with Crippen LogP contribution in [0.3, 0.4) is 0 Å². The first-order valence-electron chi connectivity index (χ1n) is 12.5. The number of nitrogens with zero attached hydrogens (tertiary/aromatic N) is 2. The number of alkyl carbamates (subject to hydrolysis) is 1. The highest BCUT2D eigenvalue weighted by molar-refractivity contribution is 6.76. The van der Waals surface area contributed by atoms with Crippen LogP contribution in [-0.4, -0.2) is 42.5 Å². The van der Waals surface area contributed by atoms with E-state index < -0.39 is 25.8 Å². The van der Waals surface area contributed by atoms with Gasteiger partial charge in [-0.05, 0) is 51.8 Å². The van der Waals surface area contributed by atoms with Crippen molar-refractivity contribution < 1.29 is 19.0 Å². The van der Waals surface area contributed by atoms with Crippen molar-refractivity contribution >= 4 is 14.2 Å². The van der Waals surface area contributed by atoms with Gasteiger partial charge in [0.15, 0.2) is 0 Å². The first kappa shape index (κ1) is 29.4. The summed E-state index contributed by atoms with van der Waals surface area (Å²) in [5.74, 6) is 1.42. The molecular formula is C28H43N3O4Si. The maximum atomic E-state index is 12.6. The van der Waals surface area contributed by atoms with Crippen molar-refractivity contribution in [2.75, 3.05) is 13.2 Å². The summed E-state index contributed by atoms with van der Waals surface area (Å²) >= 11 is 0. The molecule has 0 saturated heterocycles. The van der Waals surface area contributed by atoms with Gasteiger partial charge < -0.3 is 24.1 Å². The van der Waals surface area contributed by atoms with Crippen LogP contribution >= 0.6 is 0 Å². The van der Waals surface area contributed by atoms with E-state index in [-0.39, 0.29) is 0 Å². The first-order chi connectivity index (χ1) is 16.9. The molecule has 1 amide bonds. The average molecular weight is 514 g/mol. The van der Waals surface area contributed by atoms with E-state index in [4.69, 9.17) is 19.2 Å². The van der Waals surface area contributed by atoms with E-state index in [0.717, 1.165) is 29.5 Å². The molecule has 0 aliphatic heterocycles. The quantitative estimate of drug-likeness (QED) is 0.168. The Morgan fingerprint density at radius 2 is 1.89 bits per heavy atom.